The van der Waals surface area contributed by atoms with Crippen LogP contribution < -0.4 is 5.32 Å². The van der Waals surface area contributed by atoms with E-state index >= 15 is 0 Å². The number of aromatic amines is 1. The number of anilines is 1. The topological polar surface area (TPSA) is 100 Å². The van der Waals surface area contributed by atoms with Crippen LogP contribution in [0.4, 0.5) is 5.69 Å². The predicted octanol–water partition coefficient (Wildman–Crippen LogP) is 1.41. The Morgan fingerprint density at radius 3 is 2.85 bits per heavy atom. The summed E-state index contributed by atoms with van der Waals surface area (Å²) in [5.41, 5.74) is 1.56. The van der Waals surface area contributed by atoms with Crippen molar-refractivity contribution in [3.05, 3.63) is 41.5 Å². The third kappa shape index (κ3) is 2.77. The van der Waals surface area contributed by atoms with Crippen LogP contribution in [0.5, 0.6) is 0 Å². The van der Waals surface area contributed by atoms with Crippen molar-refractivity contribution in [2.24, 2.45) is 7.05 Å². The molecule has 3 N–H and O–H groups in total. The van der Waals surface area contributed by atoms with E-state index in [9.17, 15) is 9.59 Å². The fraction of sp³-hybridized carbons (Fsp3) is 0.154. The summed E-state index contributed by atoms with van der Waals surface area (Å²) in [5, 5.41) is 15.6. The Balaban J connectivity index is 2.11. The molecule has 0 radical (unpaired) electrons. The van der Waals surface area contributed by atoms with Gasteiger partial charge in [-0.15, -0.1) is 0 Å². The van der Waals surface area contributed by atoms with E-state index in [1.54, 1.807) is 37.0 Å². The Bertz CT molecular complexity index is 682. The summed E-state index contributed by atoms with van der Waals surface area (Å²) in [6.07, 6.45) is 6.00. The van der Waals surface area contributed by atoms with E-state index in [0.29, 0.717) is 5.69 Å². The van der Waals surface area contributed by atoms with Crippen LogP contribution in [0.25, 0.3) is 6.08 Å². The molecule has 2 heterocycles. The molecule has 0 aliphatic rings. The lowest BCUT2D eigenvalue weighted by molar-refractivity contribution is -0.111. The molecular formula is C13H14N4O3. The zero-order chi connectivity index (χ0) is 14.7. The second kappa shape index (κ2) is 5.43. The molecule has 1 amide bonds. The molecule has 0 bridgehead atoms. The molecule has 0 saturated heterocycles. The zero-order valence-electron chi connectivity index (χ0n) is 11.0. The number of carbonyl (C=O) groups is 2. The molecule has 2 aromatic heterocycles. The highest BCUT2D eigenvalue weighted by atomic mass is 16.4. The number of carbonyl (C=O) groups excluding carboxylic acids is 1. The average molecular weight is 274 g/mol. The number of hydrogen-bond donors (Lipinski definition) is 3. The first kappa shape index (κ1) is 13.6. The van der Waals surface area contributed by atoms with E-state index < -0.39 is 11.9 Å². The molecule has 0 aliphatic heterocycles. The minimum atomic E-state index is -1.09. The molecule has 0 atom stereocenters. The second-order valence-corrected chi connectivity index (χ2v) is 4.21. The van der Waals surface area contributed by atoms with Gasteiger partial charge < -0.3 is 15.4 Å². The van der Waals surface area contributed by atoms with Gasteiger partial charge in [-0.25, -0.2) is 4.79 Å². The number of nitrogens with zero attached hydrogens (tertiary/aromatic N) is 2. The number of rotatable bonds is 4. The number of amides is 1. The van der Waals surface area contributed by atoms with Crippen LogP contribution in [-0.4, -0.2) is 31.7 Å². The van der Waals surface area contributed by atoms with Crippen LogP contribution in [0.1, 0.15) is 21.7 Å². The van der Waals surface area contributed by atoms with Crippen molar-refractivity contribution in [1.29, 1.82) is 0 Å². The third-order valence-corrected chi connectivity index (χ3v) is 2.81. The SMILES string of the molecule is Cc1[nH]cc(NC(=O)/C=C/c2ccnn2C)c1C(=O)O. The number of carboxylic acids is 1. The summed E-state index contributed by atoms with van der Waals surface area (Å²) in [5.74, 6) is -1.50. The Kier molecular flexibility index (Phi) is 3.69. The van der Waals surface area contributed by atoms with Crippen LogP contribution in [0, 0.1) is 6.92 Å². The lowest BCUT2D eigenvalue weighted by Gasteiger charge is -2.01. The first-order valence-electron chi connectivity index (χ1n) is 5.87. The molecule has 104 valence electrons. The van der Waals surface area contributed by atoms with E-state index in [0.717, 1.165) is 5.69 Å². The van der Waals surface area contributed by atoms with Gasteiger partial charge in [0.1, 0.15) is 5.56 Å². The molecule has 2 rings (SSSR count). The smallest absolute Gasteiger partial charge is 0.339 e. The summed E-state index contributed by atoms with van der Waals surface area (Å²) in [6, 6.07) is 1.76. The number of aryl methyl sites for hydroxylation is 2. The maximum absolute atomic E-state index is 11.8. The number of aromatic nitrogens is 3. The summed E-state index contributed by atoms with van der Waals surface area (Å²) in [6.45, 7) is 1.63. The van der Waals surface area contributed by atoms with Gasteiger partial charge in [0, 0.05) is 31.2 Å². The van der Waals surface area contributed by atoms with Crippen molar-refractivity contribution in [2.45, 2.75) is 6.92 Å². The van der Waals surface area contributed by atoms with Crippen molar-refractivity contribution in [2.75, 3.05) is 5.32 Å². The van der Waals surface area contributed by atoms with Crippen molar-refractivity contribution >= 4 is 23.6 Å². The van der Waals surface area contributed by atoms with E-state index in [4.69, 9.17) is 5.11 Å². The normalized spacial score (nSPS) is 10.9. The molecule has 0 unspecified atom stereocenters. The highest BCUT2D eigenvalue weighted by Gasteiger charge is 2.16. The fourth-order valence-corrected chi connectivity index (χ4v) is 1.78. The van der Waals surface area contributed by atoms with E-state index in [-0.39, 0.29) is 11.3 Å². The van der Waals surface area contributed by atoms with Crippen LogP contribution in [0.15, 0.2) is 24.5 Å². The van der Waals surface area contributed by atoms with E-state index in [1.165, 1.54) is 12.3 Å². The van der Waals surface area contributed by atoms with Crippen LogP contribution in [0.3, 0.4) is 0 Å². The van der Waals surface area contributed by atoms with Gasteiger partial charge >= 0.3 is 5.97 Å². The summed E-state index contributed by atoms with van der Waals surface area (Å²) >= 11 is 0. The number of nitrogens with one attached hydrogen (secondary N) is 2. The molecule has 7 heteroatoms. The molecule has 0 aromatic carbocycles. The second-order valence-electron chi connectivity index (χ2n) is 4.21. The number of H-pyrrole nitrogens is 1. The van der Waals surface area contributed by atoms with Gasteiger partial charge in [-0.2, -0.15) is 5.10 Å². The highest BCUT2D eigenvalue weighted by molar-refractivity contribution is 6.06. The predicted molar refractivity (Wildman–Crippen MR) is 73.4 cm³/mol. The number of carboxylic acid groups (broad SMARTS) is 1. The van der Waals surface area contributed by atoms with Gasteiger partial charge in [-0.3, -0.25) is 9.48 Å². The lowest BCUT2D eigenvalue weighted by atomic mass is 10.2. The molecule has 0 aliphatic carbocycles. The van der Waals surface area contributed by atoms with Gasteiger partial charge in [0.25, 0.3) is 0 Å². The van der Waals surface area contributed by atoms with Crippen molar-refractivity contribution < 1.29 is 14.7 Å². The lowest BCUT2D eigenvalue weighted by Crippen LogP contribution is -2.11. The zero-order valence-corrected chi connectivity index (χ0v) is 11.0. The molecule has 0 saturated carbocycles. The minimum Gasteiger partial charge on any atom is -0.478 e. The van der Waals surface area contributed by atoms with Gasteiger partial charge in [-0.05, 0) is 19.1 Å². The molecule has 2 aromatic rings. The first-order valence-corrected chi connectivity index (χ1v) is 5.87. The van der Waals surface area contributed by atoms with Crippen LogP contribution >= 0.6 is 0 Å². The molecule has 20 heavy (non-hydrogen) atoms. The highest BCUT2D eigenvalue weighted by Crippen LogP contribution is 2.19. The maximum Gasteiger partial charge on any atom is 0.339 e. The Morgan fingerprint density at radius 2 is 2.25 bits per heavy atom. The van der Waals surface area contributed by atoms with Crippen molar-refractivity contribution in [3.63, 3.8) is 0 Å². The summed E-state index contributed by atoms with van der Waals surface area (Å²) in [4.78, 5) is 25.6. The average Bonchev–Trinajstić information content (AvgIpc) is 2.93. The van der Waals surface area contributed by atoms with E-state index in [2.05, 4.69) is 15.4 Å². The Labute approximate surface area is 114 Å². The van der Waals surface area contributed by atoms with E-state index in [1.807, 2.05) is 0 Å². The monoisotopic (exact) mass is 274 g/mol. The number of hydrogen-bond acceptors (Lipinski definition) is 3. The van der Waals surface area contributed by atoms with Crippen molar-refractivity contribution in [1.82, 2.24) is 14.8 Å². The largest absolute Gasteiger partial charge is 0.478 e. The standard InChI is InChI=1S/C13H14N4O3/c1-8-12(13(19)20)10(7-14-8)16-11(18)4-3-9-5-6-15-17(9)2/h3-7,14H,1-2H3,(H,16,18)(H,19,20)/b4-3+. The summed E-state index contributed by atoms with van der Waals surface area (Å²) in [7, 11) is 1.76. The molecule has 0 fully saturated rings. The minimum absolute atomic E-state index is 0.0623. The van der Waals surface area contributed by atoms with Crippen LogP contribution in [0.2, 0.25) is 0 Å². The molecular weight excluding hydrogens is 260 g/mol. The Hall–Kier alpha value is -2.83. The van der Waals surface area contributed by atoms with Gasteiger partial charge in [0.05, 0.1) is 11.4 Å². The van der Waals surface area contributed by atoms with Gasteiger partial charge in [-0.1, -0.05) is 0 Å². The maximum atomic E-state index is 11.8. The molecule has 7 nitrogen and oxygen atoms in total. The van der Waals surface area contributed by atoms with Crippen molar-refractivity contribution in [3.8, 4) is 0 Å². The summed E-state index contributed by atoms with van der Waals surface area (Å²) < 4.78 is 1.62. The fourth-order valence-electron chi connectivity index (χ4n) is 1.78. The quantitative estimate of drug-likeness (QED) is 0.734. The number of aromatic carboxylic acids is 1. The third-order valence-electron chi connectivity index (χ3n) is 2.81. The van der Waals surface area contributed by atoms with Gasteiger partial charge in [0.2, 0.25) is 5.91 Å². The van der Waals surface area contributed by atoms with Gasteiger partial charge in [0.15, 0.2) is 0 Å². The molecule has 0 spiro atoms. The Morgan fingerprint density at radius 1 is 1.50 bits per heavy atom. The van der Waals surface area contributed by atoms with Crippen LogP contribution in [-0.2, 0) is 11.8 Å². The first-order chi connectivity index (χ1) is 9.49.